The van der Waals surface area contributed by atoms with Crippen molar-refractivity contribution in [3.8, 4) is 0 Å². The molecule has 0 aromatic rings. The minimum atomic E-state index is 0.0127. The maximum absolute atomic E-state index is 9.95. The molecule has 90 valence electrons. The van der Waals surface area contributed by atoms with Crippen molar-refractivity contribution in [1.82, 2.24) is 0 Å². The average Bonchev–Trinajstić information content (AvgIpc) is 2.76. The average molecular weight is 212 g/mol. The maximum Gasteiger partial charge on any atom is 0.0568 e. The van der Waals surface area contributed by atoms with Crippen molar-refractivity contribution < 1.29 is 5.11 Å². The highest BCUT2D eigenvalue weighted by molar-refractivity contribution is 4.74. The standard InChI is InChI=1S/C14H28O/c1-2-3-4-5-6-7-12-14(15)13-10-8-9-11-13/h13-15H,2-12H2,1H3. The first-order valence-corrected chi connectivity index (χ1v) is 7.02. The molecule has 1 fully saturated rings. The van der Waals surface area contributed by atoms with Crippen LogP contribution in [0.2, 0.25) is 0 Å². The van der Waals surface area contributed by atoms with Crippen LogP contribution >= 0.6 is 0 Å². The lowest BCUT2D eigenvalue weighted by molar-refractivity contribution is 0.0989. The van der Waals surface area contributed by atoms with E-state index in [1.807, 2.05) is 0 Å². The van der Waals surface area contributed by atoms with E-state index in [9.17, 15) is 5.11 Å². The smallest absolute Gasteiger partial charge is 0.0568 e. The highest BCUT2D eigenvalue weighted by Crippen LogP contribution is 2.29. The Morgan fingerprint density at radius 2 is 1.60 bits per heavy atom. The van der Waals surface area contributed by atoms with Gasteiger partial charge in [-0.2, -0.15) is 0 Å². The Labute approximate surface area is 95.3 Å². The highest BCUT2D eigenvalue weighted by atomic mass is 16.3. The first-order valence-electron chi connectivity index (χ1n) is 7.02. The molecule has 1 atom stereocenters. The second-order valence-corrected chi connectivity index (χ2v) is 5.17. The largest absolute Gasteiger partial charge is 0.393 e. The van der Waals surface area contributed by atoms with E-state index < -0.39 is 0 Å². The lowest BCUT2D eigenvalue weighted by atomic mass is 9.96. The lowest BCUT2D eigenvalue weighted by Crippen LogP contribution is -2.17. The molecule has 0 radical (unpaired) electrons. The molecule has 1 N–H and O–H groups in total. The van der Waals surface area contributed by atoms with E-state index in [4.69, 9.17) is 0 Å². The topological polar surface area (TPSA) is 20.2 Å². The Bertz CT molecular complexity index is 138. The van der Waals surface area contributed by atoms with Crippen molar-refractivity contribution in [2.75, 3.05) is 0 Å². The van der Waals surface area contributed by atoms with Gasteiger partial charge in [0, 0.05) is 0 Å². The van der Waals surface area contributed by atoms with E-state index in [1.54, 1.807) is 0 Å². The van der Waals surface area contributed by atoms with Crippen molar-refractivity contribution in [2.24, 2.45) is 5.92 Å². The fourth-order valence-corrected chi connectivity index (χ4v) is 2.71. The molecule has 0 saturated heterocycles. The number of rotatable bonds is 8. The minimum Gasteiger partial charge on any atom is -0.393 e. The summed E-state index contributed by atoms with van der Waals surface area (Å²) >= 11 is 0. The van der Waals surface area contributed by atoms with Gasteiger partial charge in [0.25, 0.3) is 0 Å². The summed E-state index contributed by atoms with van der Waals surface area (Å²) in [4.78, 5) is 0. The fraction of sp³-hybridized carbons (Fsp3) is 1.00. The number of hydrogen-bond donors (Lipinski definition) is 1. The van der Waals surface area contributed by atoms with Gasteiger partial charge in [-0.25, -0.2) is 0 Å². The fourth-order valence-electron chi connectivity index (χ4n) is 2.71. The quantitative estimate of drug-likeness (QED) is 0.595. The molecule has 0 aromatic heterocycles. The summed E-state index contributed by atoms with van der Waals surface area (Å²) in [5.41, 5.74) is 0. The molecular weight excluding hydrogens is 184 g/mol. The first-order chi connectivity index (χ1) is 7.34. The number of aliphatic hydroxyl groups is 1. The van der Waals surface area contributed by atoms with Crippen LogP contribution in [0.1, 0.15) is 77.6 Å². The molecule has 0 spiro atoms. The van der Waals surface area contributed by atoms with Crippen molar-refractivity contribution in [1.29, 1.82) is 0 Å². The van der Waals surface area contributed by atoms with Gasteiger partial charge in [0.2, 0.25) is 0 Å². The van der Waals surface area contributed by atoms with Gasteiger partial charge in [0.1, 0.15) is 0 Å². The maximum atomic E-state index is 9.95. The highest BCUT2D eigenvalue weighted by Gasteiger charge is 2.22. The summed E-state index contributed by atoms with van der Waals surface area (Å²) < 4.78 is 0. The molecule has 1 aliphatic rings. The van der Waals surface area contributed by atoms with Crippen LogP contribution in [0.3, 0.4) is 0 Å². The van der Waals surface area contributed by atoms with Gasteiger partial charge < -0.3 is 5.11 Å². The molecule has 0 bridgehead atoms. The zero-order valence-corrected chi connectivity index (χ0v) is 10.4. The van der Waals surface area contributed by atoms with Crippen LogP contribution in [-0.2, 0) is 0 Å². The Balaban J connectivity index is 1.90. The SMILES string of the molecule is CCCCCCCCC(O)C1CCCC1. The van der Waals surface area contributed by atoms with Crippen LogP contribution in [0.15, 0.2) is 0 Å². The zero-order valence-electron chi connectivity index (χ0n) is 10.4. The Morgan fingerprint density at radius 1 is 1.00 bits per heavy atom. The molecule has 1 rings (SSSR count). The van der Waals surface area contributed by atoms with Gasteiger partial charge >= 0.3 is 0 Å². The summed E-state index contributed by atoms with van der Waals surface area (Å²) in [5, 5.41) is 9.95. The van der Waals surface area contributed by atoms with Crippen molar-refractivity contribution in [2.45, 2.75) is 83.7 Å². The summed E-state index contributed by atoms with van der Waals surface area (Å²) in [6.45, 7) is 2.25. The third-order valence-corrected chi connectivity index (χ3v) is 3.80. The van der Waals surface area contributed by atoms with E-state index in [-0.39, 0.29) is 6.10 Å². The van der Waals surface area contributed by atoms with Crippen LogP contribution < -0.4 is 0 Å². The molecule has 1 aliphatic carbocycles. The monoisotopic (exact) mass is 212 g/mol. The van der Waals surface area contributed by atoms with Gasteiger partial charge in [-0.3, -0.25) is 0 Å². The Morgan fingerprint density at radius 3 is 2.27 bits per heavy atom. The number of hydrogen-bond acceptors (Lipinski definition) is 1. The Kier molecular flexibility index (Phi) is 7.08. The van der Waals surface area contributed by atoms with Gasteiger partial charge in [-0.1, -0.05) is 58.3 Å². The molecule has 15 heavy (non-hydrogen) atoms. The van der Waals surface area contributed by atoms with Gasteiger partial charge in [0.05, 0.1) is 6.10 Å². The molecular formula is C14H28O. The molecule has 0 heterocycles. The minimum absolute atomic E-state index is 0.0127. The lowest BCUT2D eigenvalue weighted by Gasteiger charge is -2.17. The van der Waals surface area contributed by atoms with Crippen molar-refractivity contribution >= 4 is 0 Å². The molecule has 0 aromatic carbocycles. The summed E-state index contributed by atoms with van der Waals surface area (Å²) in [5.74, 6) is 0.639. The Hall–Kier alpha value is -0.0400. The van der Waals surface area contributed by atoms with Crippen molar-refractivity contribution in [3.05, 3.63) is 0 Å². The summed E-state index contributed by atoms with van der Waals surface area (Å²) in [6, 6.07) is 0. The third kappa shape index (κ3) is 5.55. The predicted molar refractivity (Wildman–Crippen MR) is 66.0 cm³/mol. The molecule has 1 saturated carbocycles. The zero-order chi connectivity index (χ0) is 10.9. The van der Waals surface area contributed by atoms with Gasteiger partial charge in [0.15, 0.2) is 0 Å². The summed E-state index contributed by atoms with van der Waals surface area (Å²) in [6.07, 6.45) is 14.3. The normalized spacial score (nSPS) is 19.6. The number of unbranched alkanes of at least 4 members (excludes halogenated alkanes) is 5. The van der Waals surface area contributed by atoms with Crippen LogP contribution in [0.25, 0.3) is 0 Å². The molecule has 1 heteroatoms. The van der Waals surface area contributed by atoms with E-state index in [0.717, 1.165) is 6.42 Å². The van der Waals surface area contributed by atoms with E-state index in [0.29, 0.717) is 5.92 Å². The first kappa shape index (κ1) is 13.0. The van der Waals surface area contributed by atoms with E-state index in [1.165, 1.54) is 64.2 Å². The van der Waals surface area contributed by atoms with Crippen LogP contribution in [0.4, 0.5) is 0 Å². The van der Waals surface area contributed by atoms with Crippen LogP contribution in [0, 0.1) is 5.92 Å². The number of aliphatic hydroxyl groups excluding tert-OH is 1. The molecule has 1 unspecified atom stereocenters. The van der Waals surface area contributed by atoms with Gasteiger partial charge in [-0.15, -0.1) is 0 Å². The molecule has 1 nitrogen and oxygen atoms in total. The molecule has 0 amide bonds. The van der Waals surface area contributed by atoms with Crippen molar-refractivity contribution in [3.63, 3.8) is 0 Å². The van der Waals surface area contributed by atoms with E-state index >= 15 is 0 Å². The summed E-state index contributed by atoms with van der Waals surface area (Å²) in [7, 11) is 0. The second-order valence-electron chi connectivity index (χ2n) is 5.17. The predicted octanol–water partition coefficient (Wildman–Crippen LogP) is 4.29. The van der Waals surface area contributed by atoms with E-state index in [2.05, 4.69) is 6.92 Å². The van der Waals surface area contributed by atoms with Crippen LogP contribution in [-0.4, -0.2) is 11.2 Å². The van der Waals surface area contributed by atoms with Crippen LogP contribution in [0.5, 0.6) is 0 Å². The van der Waals surface area contributed by atoms with Gasteiger partial charge in [-0.05, 0) is 25.2 Å². The molecule has 0 aliphatic heterocycles. The third-order valence-electron chi connectivity index (χ3n) is 3.80. The second kappa shape index (κ2) is 8.15.